The lowest BCUT2D eigenvalue weighted by Gasteiger charge is -2.31. The minimum atomic E-state index is -0.549. The Morgan fingerprint density at radius 1 is 1.00 bits per heavy atom. The minimum absolute atomic E-state index is 0.0250. The lowest BCUT2D eigenvalue weighted by molar-refractivity contribution is -0.946. The van der Waals surface area contributed by atoms with Crippen LogP contribution in [0.15, 0.2) is 47.1 Å². The van der Waals surface area contributed by atoms with E-state index in [1.807, 2.05) is 12.1 Å². The number of hydrogen-bond donors (Lipinski definition) is 3. The van der Waals surface area contributed by atoms with E-state index < -0.39 is 11.8 Å². The molecule has 2 atom stereocenters. The van der Waals surface area contributed by atoms with Crippen molar-refractivity contribution in [1.29, 1.82) is 0 Å². The first kappa shape index (κ1) is 20.7. The molecule has 6 nitrogen and oxygen atoms in total. The lowest BCUT2D eigenvalue weighted by atomic mass is 9.98. The highest BCUT2D eigenvalue weighted by Crippen LogP contribution is 2.17. The molecule has 0 spiro atoms. The summed E-state index contributed by atoms with van der Waals surface area (Å²) in [5, 5.41) is 5.79. The van der Waals surface area contributed by atoms with E-state index >= 15 is 0 Å². The second kappa shape index (κ2) is 9.94. The summed E-state index contributed by atoms with van der Waals surface area (Å²) in [7, 11) is 0. The fourth-order valence-corrected chi connectivity index (χ4v) is 4.78. The topological polar surface area (TPSA) is 75.8 Å². The van der Waals surface area contributed by atoms with E-state index in [4.69, 9.17) is 4.42 Å². The summed E-state index contributed by atoms with van der Waals surface area (Å²) < 4.78 is 5.69. The maximum atomic E-state index is 12.5. The number of nitrogens with one attached hydrogen (secondary N) is 3. The molecule has 2 aliphatic rings. The highest BCUT2D eigenvalue weighted by Gasteiger charge is 2.31. The SMILES string of the molecule is O=C(NC[C@@H](c1ccco1)[NH+]1CCc2ccccc2C1)C(=O)NC1CCCCCC1. The minimum Gasteiger partial charge on any atom is -0.463 e. The summed E-state index contributed by atoms with van der Waals surface area (Å²) in [4.78, 5) is 26.2. The molecule has 1 aromatic heterocycles. The molecule has 0 saturated heterocycles. The molecule has 0 radical (unpaired) electrons. The van der Waals surface area contributed by atoms with E-state index in [-0.39, 0.29) is 12.1 Å². The van der Waals surface area contributed by atoms with Gasteiger partial charge in [0.15, 0.2) is 11.8 Å². The number of quaternary nitrogens is 1. The monoisotopic (exact) mass is 410 g/mol. The molecule has 1 unspecified atom stereocenters. The third kappa shape index (κ3) is 5.11. The average Bonchev–Trinajstić information content (AvgIpc) is 3.18. The molecule has 2 amide bonds. The molecule has 160 valence electrons. The van der Waals surface area contributed by atoms with Gasteiger partial charge in [0.25, 0.3) is 0 Å². The molecule has 1 aliphatic heterocycles. The van der Waals surface area contributed by atoms with Crippen molar-refractivity contribution < 1.29 is 18.9 Å². The van der Waals surface area contributed by atoms with Crippen LogP contribution in [0.1, 0.15) is 61.5 Å². The number of carbonyl (C=O) groups excluding carboxylic acids is 2. The molecule has 30 heavy (non-hydrogen) atoms. The van der Waals surface area contributed by atoms with E-state index in [1.165, 1.54) is 28.9 Å². The third-order valence-electron chi connectivity index (χ3n) is 6.49. The average molecular weight is 411 g/mol. The highest BCUT2D eigenvalue weighted by molar-refractivity contribution is 6.35. The van der Waals surface area contributed by atoms with E-state index in [2.05, 4.69) is 34.9 Å². The van der Waals surface area contributed by atoms with Crippen LogP contribution in [0.3, 0.4) is 0 Å². The van der Waals surface area contributed by atoms with Gasteiger partial charge in [-0.3, -0.25) is 9.59 Å². The van der Waals surface area contributed by atoms with E-state index in [9.17, 15) is 9.59 Å². The molecule has 1 fully saturated rings. The molecule has 4 rings (SSSR count). The first-order valence-corrected chi connectivity index (χ1v) is 11.2. The van der Waals surface area contributed by atoms with Crippen molar-refractivity contribution in [3.63, 3.8) is 0 Å². The summed E-state index contributed by atoms with van der Waals surface area (Å²) in [5.74, 6) is -0.222. The Kier molecular flexibility index (Phi) is 6.84. The maximum Gasteiger partial charge on any atom is 0.309 e. The number of carbonyl (C=O) groups is 2. The Bertz CT molecular complexity index is 841. The van der Waals surface area contributed by atoms with Crippen molar-refractivity contribution >= 4 is 11.8 Å². The van der Waals surface area contributed by atoms with Crippen molar-refractivity contribution in [2.24, 2.45) is 0 Å². The third-order valence-corrected chi connectivity index (χ3v) is 6.49. The zero-order valence-electron chi connectivity index (χ0n) is 17.5. The Hall–Kier alpha value is -2.60. The van der Waals surface area contributed by atoms with Crippen LogP contribution in [0, 0.1) is 0 Å². The van der Waals surface area contributed by atoms with Crippen LogP contribution in [-0.4, -0.2) is 30.9 Å². The normalized spacial score (nSPS) is 20.6. The fraction of sp³-hybridized carbons (Fsp3) is 0.500. The van der Waals surface area contributed by atoms with E-state index in [1.54, 1.807) is 6.26 Å². The van der Waals surface area contributed by atoms with Crippen molar-refractivity contribution in [3.05, 3.63) is 59.5 Å². The van der Waals surface area contributed by atoms with Gasteiger partial charge >= 0.3 is 11.8 Å². The van der Waals surface area contributed by atoms with Crippen molar-refractivity contribution in [2.45, 2.75) is 63.6 Å². The predicted molar refractivity (Wildman–Crippen MR) is 114 cm³/mol. The van der Waals surface area contributed by atoms with Crippen LogP contribution >= 0.6 is 0 Å². The molecule has 0 bridgehead atoms. The molecule has 1 aromatic carbocycles. The first-order chi connectivity index (χ1) is 14.7. The number of hydrogen-bond acceptors (Lipinski definition) is 3. The fourth-order valence-electron chi connectivity index (χ4n) is 4.78. The van der Waals surface area contributed by atoms with Gasteiger partial charge in [0.05, 0.1) is 19.4 Å². The van der Waals surface area contributed by atoms with Crippen LogP contribution in [0.5, 0.6) is 0 Å². The Morgan fingerprint density at radius 3 is 2.50 bits per heavy atom. The molecule has 3 N–H and O–H groups in total. The van der Waals surface area contributed by atoms with E-state index in [0.29, 0.717) is 6.54 Å². The number of fused-ring (bicyclic) bond motifs is 1. The Morgan fingerprint density at radius 2 is 1.77 bits per heavy atom. The maximum absolute atomic E-state index is 12.5. The molecule has 1 aliphatic carbocycles. The van der Waals surface area contributed by atoms with Crippen LogP contribution in [0.2, 0.25) is 0 Å². The molecule has 1 saturated carbocycles. The van der Waals surface area contributed by atoms with Crippen molar-refractivity contribution in [3.8, 4) is 0 Å². The standard InChI is InChI=1S/C24H31N3O3/c28-23(24(29)26-20-10-3-1-2-4-11-20)25-16-21(22-12-7-15-30-22)27-14-13-18-8-5-6-9-19(18)17-27/h5-9,12,15,20-21H,1-4,10-11,13-14,16-17H2,(H,25,28)(H,26,29)/p+1/t21-/m0/s1. The van der Waals surface area contributed by atoms with Gasteiger partial charge in [-0.15, -0.1) is 0 Å². The van der Waals surface area contributed by atoms with Crippen molar-refractivity contribution in [2.75, 3.05) is 13.1 Å². The van der Waals surface area contributed by atoms with E-state index in [0.717, 1.165) is 51.0 Å². The quantitative estimate of drug-likeness (QED) is 0.521. The van der Waals surface area contributed by atoms with Crippen molar-refractivity contribution in [1.82, 2.24) is 10.6 Å². The van der Waals surface area contributed by atoms with Crippen LogP contribution < -0.4 is 15.5 Å². The summed E-state index contributed by atoms with van der Waals surface area (Å²) in [6, 6.07) is 12.4. The number of furan rings is 1. The second-order valence-corrected chi connectivity index (χ2v) is 8.54. The molecule has 2 aromatic rings. The Labute approximate surface area is 178 Å². The number of rotatable bonds is 5. The zero-order valence-corrected chi connectivity index (χ0v) is 17.5. The van der Waals surface area contributed by atoms with Gasteiger partial charge in [-0.05, 0) is 30.5 Å². The van der Waals surface area contributed by atoms with Gasteiger partial charge in [-0.25, -0.2) is 0 Å². The van der Waals surface area contributed by atoms with Crippen LogP contribution in [0.4, 0.5) is 0 Å². The smallest absolute Gasteiger partial charge is 0.309 e. The number of benzene rings is 1. The molecular formula is C24H32N3O3+. The lowest BCUT2D eigenvalue weighted by Crippen LogP contribution is -3.12. The number of amides is 2. The van der Waals surface area contributed by atoms with Gasteiger partial charge in [-0.2, -0.15) is 0 Å². The molecule has 6 heteroatoms. The summed E-state index contributed by atoms with van der Waals surface area (Å²) >= 11 is 0. The second-order valence-electron chi connectivity index (χ2n) is 8.54. The van der Waals surface area contributed by atoms with Gasteiger partial charge < -0.3 is 20.0 Å². The molecular weight excluding hydrogens is 378 g/mol. The largest absolute Gasteiger partial charge is 0.463 e. The summed E-state index contributed by atoms with van der Waals surface area (Å²) in [6.45, 7) is 2.22. The van der Waals surface area contributed by atoms with Gasteiger partial charge in [0, 0.05) is 18.0 Å². The predicted octanol–water partition coefficient (Wildman–Crippen LogP) is 1.92. The highest BCUT2D eigenvalue weighted by atomic mass is 16.3. The Balaban J connectivity index is 1.37. The van der Waals surface area contributed by atoms with Crippen LogP contribution in [0.25, 0.3) is 0 Å². The van der Waals surface area contributed by atoms with Gasteiger partial charge in [0.1, 0.15) is 6.54 Å². The van der Waals surface area contributed by atoms with Gasteiger partial charge in [-0.1, -0.05) is 49.9 Å². The summed E-state index contributed by atoms with van der Waals surface area (Å²) in [5.41, 5.74) is 2.74. The summed E-state index contributed by atoms with van der Waals surface area (Å²) in [6.07, 6.45) is 9.26. The molecule has 2 heterocycles. The van der Waals surface area contributed by atoms with Crippen LogP contribution in [-0.2, 0) is 22.6 Å². The zero-order chi connectivity index (χ0) is 20.8. The first-order valence-electron chi connectivity index (χ1n) is 11.2. The van der Waals surface area contributed by atoms with Gasteiger partial charge in [0.2, 0.25) is 0 Å².